The molecule has 0 aliphatic rings. The molecule has 1 heterocycles. The van der Waals surface area contributed by atoms with Gasteiger partial charge in [0.1, 0.15) is 17.7 Å². The van der Waals surface area contributed by atoms with Crippen molar-refractivity contribution in [3.05, 3.63) is 29.7 Å². The Morgan fingerprint density at radius 1 is 1.50 bits per heavy atom. The number of ether oxygens (including phenoxy) is 2. The van der Waals surface area contributed by atoms with Crippen molar-refractivity contribution >= 4 is 23.4 Å². The van der Waals surface area contributed by atoms with Gasteiger partial charge in [-0.2, -0.15) is 0 Å². The number of hydrogen-bond donors (Lipinski definition) is 0. The maximum atomic E-state index is 11.4. The molecule has 1 atom stereocenters. The first-order valence-corrected chi connectivity index (χ1v) is 6.21. The van der Waals surface area contributed by atoms with Crippen molar-refractivity contribution in [1.82, 2.24) is 4.98 Å². The Kier molecular flexibility index (Phi) is 4.47. The molecule has 0 spiro atoms. The molecule has 6 heteroatoms. The molecule has 1 unspecified atom stereocenters. The standard InChI is InChI=1S/C14H15NO5/c1-3-19-8-10(7-16)13-15-11-6-9(14(17)18-2)4-5-12(11)20-13/h4-7,10H,3,8H2,1-2H3. The molecular formula is C14H15NO5. The summed E-state index contributed by atoms with van der Waals surface area (Å²) in [6, 6.07) is 4.78. The van der Waals surface area contributed by atoms with Gasteiger partial charge in [-0.25, -0.2) is 9.78 Å². The number of esters is 1. The zero-order valence-corrected chi connectivity index (χ0v) is 11.3. The fraction of sp³-hybridized carbons (Fsp3) is 0.357. The minimum atomic E-state index is -0.552. The minimum Gasteiger partial charge on any atom is -0.465 e. The van der Waals surface area contributed by atoms with Crippen molar-refractivity contribution in [2.24, 2.45) is 0 Å². The lowest BCUT2D eigenvalue weighted by molar-refractivity contribution is -0.110. The van der Waals surface area contributed by atoms with Crippen LogP contribution in [0, 0.1) is 0 Å². The number of aromatic nitrogens is 1. The van der Waals surface area contributed by atoms with Gasteiger partial charge in [-0.3, -0.25) is 0 Å². The third kappa shape index (κ3) is 2.85. The van der Waals surface area contributed by atoms with Crippen molar-refractivity contribution in [2.45, 2.75) is 12.8 Å². The number of oxazole rings is 1. The lowest BCUT2D eigenvalue weighted by Crippen LogP contribution is -2.09. The van der Waals surface area contributed by atoms with E-state index in [1.807, 2.05) is 6.92 Å². The number of nitrogens with zero attached hydrogens (tertiary/aromatic N) is 1. The van der Waals surface area contributed by atoms with Gasteiger partial charge in [0.25, 0.3) is 0 Å². The molecule has 0 aliphatic heterocycles. The van der Waals surface area contributed by atoms with Crippen LogP contribution in [0.15, 0.2) is 22.6 Å². The van der Waals surface area contributed by atoms with E-state index in [0.717, 1.165) is 6.29 Å². The van der Waals surface area contributed by atoms with E-state index >= 15 is 0 Å². The van der Waals surface area contributed by atoms with Crippen molar-refractivity contribution in [2.75, 3.05) is 20.3 Å². The molecule has 6 nitrogen and oxygen atoms in total. The van der Waals surface area contributed by atoms with Crippen LogP contribution in [0.25, 0.3) is 11.1 Å². The Hall–Kier alpha value is -2.21. The van der Waals surface area contributed by atoms with Gasteiger partial charge in [-0.1, -0.05) is 0 Å². The highest BCUT2D eigenvalue weighted by Crippen LogP contribution is 2.22. The summed E-state index contributed by atoms with van der Waals surface area (Å²) in [5.74, 6) is -0.716. The monoisotopic (exact) mass is 277 g/mol. The van der Waals surface area contributed by atoms with Crippen LogP contribution in [0.3, 0.4) is 0 Å². The van der Waals surface area contributed by atoms with E-state index in [4.69, 9.17) is 9.15 Å². The van der Waals surface area contributed by atoms with Crippen LogP contribution in [-0.2, 0) is 14.3 Å². The van der Waals surface area contributed by atoms with E-state index in [1.165, 1.54) is 7.11 Å². The van der Waals surface area contributed by atoms with E-state index in [-0.39, 0.29) is 12.5 Å². The highest BCUT2D eigenvalue weighted by Gasteiger charge is 2.18. The molecule has 0 saturated heterocycles. The minimum absolute atomic E-state index is 0.219. The second-order valence-corrected chi connectivity index (χ2v) is 4.13. The second kappa shape index (κ2) is 6.29. The fourth-order valence-corrected chi connectivity index (χ4v) is 1.76. The Bertz CT molecular complexity index is 619. The third-order valence-electron chi connectivity index (χ3n) is 2.81. The van der Waals surface area contributed by atoms with E-state index in [1.54, 1.807) is 18.2 Å². The lowest BCUT2D eigenvalue weighted by atomic mass is 10.2. The fourth-order valence-electron chi connectivity index (χ4n) is 1.76. The average molecular weight is 277 g/mol. The lowest BCUT2D eigenvalue weighted by Gasteiger charge is -2.04. The summed E-state index contributed by atoms with van der Waals surface area (Å²) < 4.78 is 15.4. The molecule has 0 saturated carbocycles. The van der Waals surface area contributed by atoms with Crippen LogP contribution in [0.5, 0.6) is 0 Å². The number of carbonyl (C=O) groups is 2. The van der Waals surface area contributed by atoms with E-state index < -0.39 is 11.9 Å². The predicted octanol–water partition coefficient (Wildman–Crippen LogP) is 1.93. The molecule has 0 N–H and O–H groups in total. The van der Waals surface area contributed by atoms with E-state index in [2.05, 4.69) is 9.72 Å². The van der Waals surface area contributed by atoms with Gasteiger partial charge >= 0.3 is 5.97 Å². The number of carbonyl (C=O) groups excluding carboxylic acids is 2. The number of benzene rings is 1. The summed E-state index contributed by atoms with van der Waals surface area (Å²) >= 11 is 0. The molecule has 1 aromatic heterocycles. The second-order valence-electron chi connectivity index (χ2n) is 4.13. The number of fused-ring (bicyclic) bond motifs is 1. The first-order chi connectivity index (χ1) is 9.69. The topological polar surface area (TPSA) is 78.6 Å². The summed E-state index contributed by atoms with van der Waals surface area (Å²) in [7, 11) is 1.31. The molecule has 0 fully saturated rings. The Labute approximate surface area is 115 Å². The van der Waals surface area contributed by atoms with Crippen molar-refractivity contribution < 1.29 is 23.5 Å². The molecule has 0 aliphatic carbocycles. The highest BCUT2D eigenvalue weighted by atomic mass is 16.5. The van der Waals surface area contributed by atoms with Crippen LogP contribution in [0.1, 0.15) is 29.1 Å². The summed E-state index contributed by atoms with van der Waals surface area (Å²) in [5.41, 5.74) is 1.40. The maximum absolute atomic E-state index is 11.4. The van der Waals surface area contributed by atoms with Crippen LogP contribution in [0.2, 0.25) is 0 Å². The highest BCUT2D eigenvalue weighted by molar-refractivity contribution is 5.93. The molecule has 1 aromatic carbocycles. The van der Waals surface area contributed by atoms with Crippen LogP contribution in [-0.4, -0.2) is 37.6 Å². The zero-order chi connectivity index (χ0) is 14.5. The molecule has 2 aromatic rings. The molecular weight excluding hydrogens is 262 g/mol. The average Bonchev–Trinajstić information content (AvgIpc) is 2.89. The van der Waals surface area contributed by atoms with Gasteiger partial charge < -0.3 is 18.7 Å². The number of rotatable bonds is 6. The first-order valence-electron chi connectivity index (χ1n) is 6.21. The van der Waals surface area contributed by atoms with E-state index in [9.17, 15) is 9.59 Å². The van der Waals surface area contributed by atoms with Crippen LogP contribution < -0.4 is 0 Å². The van der Waals surface area contributed by atoms with Crippen molar-refractivity contribution in [3.8, 4) is 0 Å². The van der Waals surface area contributed by atoms with Crippen molar-refractivity contribution in [1.29, 1.82) is 0 Å². The van der Waals surface area contributed by atoms with Gasteiger partial charge in [-0.15, -0.1) is 0 Å². The molecule has 0 amide bonds. The molecule has 0 radical (unpaired) electrons. The molecule has 2 rings (SSSR count). The van der Waals surface area contributed by atoms with Gasteiger partial charge in [0, 0.05) is 6.61 Å². The summed E-state index contributed by atoms with van der Waals surface area (Å²) in [4.78, 5) is 26.7. The number of aldehydes is 1. The van der Waals surface area contributed by atoms with Gasteiger partial charge in [0.05, 0.1) is 19.3 Å². The Morgan fingerprint density at radius 2 is 2.30 bits per heavy atom. The SMILES string of the molecule is CCOCC(C=O)c1nc2cc(C(=O)OC)ccc2o1. The smallest absolute Gasteiger partial charge is 0.337 e. The molecule has 20 heavy (non-hydrogen) atoms. The van der Waals surface area contributed by atoms with Gasteiger partial charge in [-0.05, 0) is 25.1 Å². The van der Waals surface area contributed by atoms with Crippen LogP contribution in [0.4, 0.5) is 0 Å². The first kappa shape index (κ1) is 14.2. The third-order valence-corrected chi connectivity index (χ3v) is 2.81. The summed E-state index contributed by atoms with van der Waals surface area (Å²) in [6.45, 7) is 2.57. The quantitative estimate of drug-likeness (QED) is 0.593. The zero-order valence-electron chi connectivity index (χ0n) is 11.3. The number of hydrogen-bond acceptors (Lipinski definition) is 6. The van der Waals surface area contributed by atoms with Crippen molar-refractivity contribution in [3.63, 3.8) is 0 Å². The predicted molar refractivity (Wildman–Crippen MR) is 70.6 cm³/mol. The Morgan fingerprint density at radius 3 is 2.95 bits per heavy atom. The van der Waals surface area contributed by atoms with Gasteiger partial charge in [0.15, 0.2) is 5.58 Å². The maximum Gasteiger partial charge on any atom is 0.337 e. The Balaban J connectivity index is 2.32. The normalized spacial score (nSPS) is 12.3. The summed E-state index contributed by atoms with van der Waals surface area (Å²) in [6.07, 6.45) is 0.738. The summed E-state index contributed by atoms with van der Waals surface area (Å²) in [5, 5.41) is 0. The van der Waals surface area contributed by atoms with Crippen LogP contribution >= 0.6 is 0 Å². The number of methoxy groups -OCH3 is 1. The largest absolute Gasteiger partial charge is 0.465 e. The van der Waals surface area contributed by atoms with Gasteiger partial charge in [0.2, 0.25) is 5.89 Å². The van der Waals surface area contributed by atoms with E-state index in [0.29, 0.717) is 23.3 Å². The molecule has 106 valence electrons. The molecule has 0 bridgehead atoms.